The van der Waals surface area contributed by atoms with Crippen LogP contribution in [0.4, 0.5) is 5.69 Å². The Bertz CT molecular complexity index is 436. The minimum Gasteiger partial charge on any atom is -0.454 e. The van der Waals surface area contributed by atoms with E-state index < -0.39 is 0 Å². The summed E-state index contributed by atoms with van der Waals surface area (Å²) in [6.45, 7) is 1.91. The first-order chi connectivity index (χ1) is 7.58. The Morgan fingerprint density at radius 2 is 2.12 bits per heavy atom. The van der Waals surface area contributed by atoms with Crippen molar-refractivity contribution in [3.63, 3.8) is 0 Å². The van der Waals surface area contributed by atoms with E-state index in [0.29, 0.717) is 22.2 Å². The normalized spacial score (nSPS) is 14.7. The van der Waals surface area contributed by atoms with Crippen LogP contribution in [0.25, 0.3) is 0 Å². The van der Waals surface area contributed by atoms with E-state index in [4.69, 9.17) is 21.1 Å². The molecule has 1 unspecified atom stereocenters. The number of rotatable bonds is 2. The highest BCUT2D eigenvalue weighted by molar-refractivity contribution is 9.10. The number of alkyl halides is 1. The minimum absolute atomic E-state index is 0.166. The molecule has 0 bridgehead atoms. The fourth-order valence-corrected chi connectivity index (χ4v) is 1.56. The van der Waals surface area contributed by atoms with Gasteiger partial charge in [0.15, 0.2) is 11.5 Å². The van der Waals surface area contributed by atoms with Gasteiger partial charge >= 0.3 is 0 Å². The van der Waals surface area contributed by atoms with Crippen molar-refractivity contribution >= 4 is 39.1 Å². The van der Waals surface area contributed by atoms with Gasteiger partial charge in [-0.25, -0.2) is 0 Å². The van der Waals surface area contributed by atoms with Crippen molar-refractivity contribution in [2.45, 2.75) is 11.8 Å². The molecule has 0 spiro atoms. The largest absolute Gasteiger partial charge is 0.454 e. The topological polar surface area (TPSA) is 47.6 Å². The van der Waals surface area contributed by atoms with Crippen molar-refractivity contribution in [3.05, 3.63) is 17.2 Å². The summed E-state index contributed by atoms with van der Waals surface area (Å²) in [5, 5.41) is 3.11. The lowest BCUT2D eigenvalue weighted by Crippen LogP contribution is -2.20. The van der Waals surface area contributed by atoms with Crippen LogP contribution in [-0.4, -0.2) is 17.5 Å². The summed E-state index contributed by atoms with van der Waals surface area (Å²) in [4.78, 5) is 11.2. The second-order valence-corrected chi connectivity index (χ2v) is 5.07. The van der Waals surface area contributed by atoms with Gasteiger partial charge in [0.1, 0.15) is 0 Å². The number of fused-ring (bicyclic) bond motifs is 1. The van der Waals surface area contributed by atoms with Crippen LogP contribution in [0.2, 0.25) is 5.02 Å². The maximum Gasteiger partial charge on any atom is 0.237 e. The summed E-state index contributed by atoms with van der Waals surface area (Å²) in [6.07, 6.45) is 0. The quantitative estimate of drug-likeness (QED) is 0.855. The molecule has 1 amide bonds. The molecule has 1 aromatic carbocycles. The number of halogens is 2. The van der Waals surface area contributed by atoms with E-state index in [9.17, 15) is 4.79 Å². The fraction of sp³-hybridized carbons (Fsp3) is 0.300. The van der Waals surface area contributed by atoms with Gasteiger partial charge in [0.2, 0.25) is 12.7 Å². The predicted octanol–water partition coefficient (Wildman–Crippen LogP) is 2.79. The second kappa shape index (κ2) is 4.51. The van der Waals surface area contributed by atoms with Crippen LogP contribution in [0.3, 0.4) is 0 Å². The Hall–Kier alpha value is -0.940. The molecule has 16 heavy (non-hydrogen) atoms. The first kappa shape index (κ1) is 11.5. The highest BCUT2D eigenvalue weighted by Crippen LogP contribution is 2.39. The molecule has 1 atom stereocenters. The molecule has 4 nitrogen and oxygen atoms in total. The highest BCUT2D eigenvalue weighted by Gasteiger charge is 2.18. The number of carbonyl (C=O) groups excluding carboxylic acids is 1. The molecule has 0 radical (unpaired) electrons. The number of ether oxygens (including phenoxy) is 2. The molecule has 0 saturated carbocycles. The van der Waals surface area contributed by atoms with Crippen molar-refractivity contribution in [1.29, 1.82) is 0 Å². The molecule has 1 N–H and O–H groups in total. The lowest BCUT2D eigenvalue weighted by Gasteiger charge is -2.09. The van der Waals surface area contributed by atoms with Crippen molar-refractivity contribution in [2.75, 3.05) is 12.1 Å². The van der Waals surface area contributed by atoms with Crippen molar-refractivity contribution < 1.29 is 14.3 Å². The predicted molar refractivity (Wildman–Crippen MR) is 64.6 cm³/mol. The van der Waals surface area contributed by atoms with Crippen LogP contribution < -0.4 is 14.8 Å². The molecule has 1 aromatic rings. The van der Waals surface area contributed by atoms with Gasteiger partial charge < -0.3 is 14.8 Å². The van der Waals surface area contributed by atoms with Crippen LogP contribution in [-0.2, 0) is 4.79 Å². The van der Waals surface area contributed by atoms with Crippen LogP contribution in [0.1, 0.15) is 6.92 Å². The third-order valence-electron chi connectivity index (χ3n) is 2.08. The van der Waals surface area contributed by atoms with E-state index in [2.05, 4.69) is 21.2 Å². The van der Waals surface area contributed by atoms with Crippen molar-refractivity contribution in [1.82, 2.24) is 0 Å². The lowest BCUT2D eigenvalue weighted by molar-refractivity contribution is -0.115. The van der Waals surface area contributed by atoms with Crippen LogP contribution in [0.15, 0.2) is 12.1 Å². The molecule has 1 aliphatic rings. The SMILES string of the molecule is CC(Br)C(=O)Nc1cc2c(cc1Cl)OCO2. The zero-order chi connectivity index (χ0) is 11.7. The molecule has 0 fully saturated rings. The Labute approximate surface area is 106 Å². The zero-order valence-corrected chi connectivity index (χ0v) is 10.8. The average Bonchev–Trinajstić information content (AvgIpc) is 2.65. The monoisotopic (exact) mass is 305 g/mol. The first-order valence-electron chi connectivity index (χ1n) is 4.62. The molecule has 1 aliphatic heterocycles. The summed E-state index contributed by atoms with van der Waals surface area (Å²) in [5.41, 5.74) is 0.516. The van der Waals surface area contributed by atoms with E-state index in [1.165, 1.54) is 0 Å². The average molecular weight is 307 g/mol. The molecular weight excluding hydrogens is 297 g/mol. The second-order valence-electron chi connectivity index (χ2n) is 3.29. The third kappa shape index (κ3) is 2.25. The van der Waals surface area contributed by atoms with Gasteiger partial charge in [-0.3, -0.25) is 4.79 Å². The molecule has 1 heterocycles. The number of benzene rings is 1. The van der Waals surface area contributed by atoms with Crippen LogP contribution in [0, 0.1) is 0 Å². The first-order valence-corrected chi connectivity index (χ1v) is 5.91. The van der Waals surface area contributed by atoms with E-state index >= 15 is 0 Å². The summed E-state index contributed by atoms with van der Waals surface area (Å²) >= 11 is 9.16. The van der Waals surface area contributed by atoms with Crippen LogP contribution in [0.5, 0.6) is 11.5 Å². The fourth-order valence-electron chi connectivity index (χ4n) is 1.25. The molecular formula is C10H9BrClNO3. The number of amides is 1. The maximum atomic E-state index is 11.5. The Morgan fingerprint density at radius 1 is 1.50 bits per heavy atom. The van der Waals surface area contributed by atoms with Crippen molar-refractivity contribution in [2.24, 2.45) is 0 Å². The van der Waals surface area contributed by atoms with Crippen LogP contribution >= 0.6 is 27.5 Å². The van der Waals surface area contributed by atoms with Gasteiger partial charge in [-0.05, 0) is 6.92 Å². The van der Waals surface area contributed by atoms with Gasteiger partial charge in [-0.2, -0.15) is 0 Å². The molecule has 2 rings (SSSR count). The Kier molecular flexibility index (Phi) is 3.25. The number of nitrogens with one attached hydrogen (secondary N) is 1. The van der Waals surface area contributed by atoms with E-state index in [-0.39, 0.29) is 17.5 Å². The summed E-state index contributed by atoms with van der Waals surface area (Å²) in [7, 11) is 0. The lowest BCUT2D eigenvalue weighted by atomic mass is 10.2. The van der Waals surface area contributed by atoms with Gasteiger partial charge in [0.25, 0.3) is 0 Å². The number of carbonyl (C=O) groups is 1. The summed E-state index contributed by atoms with van der Waals surface area (Å²) in [6, 6.07) is 3.27. The van der Waals surface area contributed by atoms with E-state index in [1.807, 2.05) is 0 Å². The summed E-state index contributed by atoms with van der Waals surface area (Å²) in [5.74, 6) is 1.01. The Morgan fingerprint density at radius 3 is 2.75 bits per heavy atom. The van der Waals surface area contributed by atoms with Crippen molar-refractivity contribution in [3.8, 4) is 11.5 Å². The van der Waals surface area contributed by atoms with E-state index in [1.54, 1.807) is 19.1 Å². The maximum absolute atomic E-state index is 11.5. The third-order valence-corrected chi connectivity index (χ3v) is 2.81. The standard InChI is InChI=1S/C10H9BrClNO3/c1-5(11)10(14)13-7-3-9-8(2-6(7)12)15-4-16-9/h2-3,5H,4H2,1H3,(H,13,14). The number of hydrogen-bond donors (Lipinski definition) is 1. The molecule has 0 saturated heterocycles. The van der Waals surface area contributed by atoms with Gasteiger partial charge in [0, 0.05) is 12.1 Å². The molecule has 0 aliphatic carbocycles. The molecule has 6 heteroatoms. The molecule has 0 aromatic heterocycles. The minimum atomic E-state index is -0.283. The van der Waals surface area contributed by atoms with E-state index in [0.717, 1.165) is 0 Å². The zero-order valence-electron chi connectivity index (χ0n) is 8.42. The van der Waals surface area contributed by atoms with Gasteiger partial charge in [0.05, 0.1) is 15.5 Å². The Balaban J connectivity index is 2.25. The van der Waals surface area contributed by atoms with Gasteiger partial charge in [-0.15, -0.1) is 0 Å². The summed E-state index contributed by atoms with van der Waals surface area (Å²) < 4.78 is 10.4. The number of anilines is 1. The number of hydrogen-bond acceptors (Lipinski definition) is 3. The highest BCUT2D eigenvalue weighted by atomic mass is 79.9. The molecule has 86 valence electrons. The van der Waals surface area contributed by atoms with Gasteiger partial charge in [-0.1, -0.05) is 27.5 Å². The smallest absolute Gasteiger partial charge is 0.237 e.